The summed E-state index contributed by atoms with van der Waals surface area (Å²) in [5.41, 5.74) is 1.95. The average Bonchev–Trinajstić information content (AvgIpc) is 2.42. The predicted octanol–water partition coefficient (Wildman–Crippen LogP) is 3.72. The van der Waals surface area contributed by atoms with Gasteiger partial charge in [0.2, 0.25) is 0 Å². The van der Waals surface area contributed by atoms with Crippen molar-refractivity contribution in [3.8, 4) is 0 Å². The predicted molar refractivity (Wildman–Crippen MR) is 73.0 cm³/mol. The number of hydrogen-bond donors (Lipinski definition) is 1. The summed E-state index contributed by atoms with van der Waals surface area (Å²) >= 11 is 0. The van der Waals surface area contributed by atoms with Gasteiger partial charge in [0, 0.05) is 6.04 Å². The molecule has 0 saturated heterocycles. The van der Waals surface area contributed by atoms with Crippen LogP contribution in [0.3, 0.4) is 0 Å². The number of halogens is 1. The third-order valence-corrected chi connectivity index (χ3v) is 3.03. The minimum Gasteiger partial charge on any atom is -0.310 e. The van der Waals surface area contributed by atoms with Gasteiger partial charge in [-0.15, -0.1) is 0 Å². The highest BCUT2D eigenvalue weighted by Crippen LogP contribution is 2.19. The first-order chi connectivity index (χ1) is 8.81. The molecule has 1 atom stereocenters. The third kappa shape index (κ3) is 3.17. The van der Waals surface area contributed by atoms with Crippen LogP contribution >= 0.6 is 0 Å². The molecule has 0 bridgehead atoms. The lowest BCUT2D eigenvalue weighted by Gasteiger charge is -2.18. The average molecular weight is 243 g/mol. The summed E-state index contributed by atoms with van der Waals surface area (Å²) in [7, 11) is 0. The minimum absolute atomic E-state index is 0.128. The number of rotatable bonds is 5. The molecule has 0 heterocycles. The molecule has 0 aliphatic carbocycles. The fourth-order valence-electron chi connectivity index (χ4n) is 2.12. The van der Waals surface area contributed by atoms with Crippen LogP contribution in [0.5, 0.6) is 0 Å². The van der Waals surface area contributed by atoms with Gasteiger partial charge in [0.25, 0.3) is 0 Å². The van der Waals surface area contributed by atoms with Gasteiger partial charge >= 0.3 is 0 Å². The van der Waals surface area contributed by atoms with E-state index in [1.54, 1.807) is 6.07 Å². The van der Waals surface area contributed by atoms with Crippen molar-refractivity contribution >= 4 is 0 Å². The van der Waals surface area contributed by atoms with Crippen LogP contribution in [0.25, 0.3) is 0 Å². The molecule has 0 fully saturated rings. The highest BCUT2D eigenvalue weighted by molar-refractivity contribution is 5.24. The highest BCUT2D eigenvalue weighted by Gasteiger charge is 2.12. The Kier molecular flexibility index (Phi) is 4.48. The molecule has 2 aromatic rings. The van der Waals surface area contributed by atoms with E-state index in [1.165, 1.54) is 11.6 Å². The van der Waals surface area contributed by atoms with Crippen molar-refractivity contribution in [2.24, 2.45) is 0 Å². The molecule has 0 saturated carbocycles. The second-order valence-corrected chi connectivity index (χ2v) is 4.32. The number of nitrogens with one attached hydrogen (secondary N) is 1. The summed E-state index contributed by atoms with van der Waals surface area (Å²) in [4.78, 5) is 0. The lowest BCUT2D eigenvalue weighted by molar-refractivity contribution is 0.528. The standard InChI is InChI=1S/C16H18FN/c1-2-18-16(13-8-4-3-5-9-13)12-14-10-6-7-11-15(14)17/h3-11,16,18H,2,12H2,1H3. The minimum atomic E-state index is -0.128. The Morgan fingerprint density at radius 2 is 1.67 bits per heavy atom. The summed E-state index contributed by atoms with van der Waals surface area (Å²) in [5, 5.41) is 3.41. The Morgan fingerprint density at radius 3 is 2.33 bits per heavy atom. The van der Waals surface area contributed by atoms with E-state index >= 15 is 0 Å². The normalized spacial score (nSPS) is 12.3. The molecule has 1 nitrogen and oxygen atoms in total. The van der Waals surface area contributed by atoms with Crippen LogP contribution in [-0.4, -0.2) is 6.54 Å². The lowest BCUT2D eigenvalue weighted by Crippen LogP contribution is -2.23. The summed E-state index contributed by atoms with van der Waals surface area (Å²) in [6, 6.07) is 17.3. The van der Waals surface area contributed by atoms with Crippen LogP contribution in [0, 0.1) is 5.82 Å². The second kappa shape index (κ2) is 6.31. The van der Waals surface area contributed by atoms with Crippen molar-refractivity contribution < 1.29 is 4.39 Å². The van der Waals surface area contributed by atoms with E-state index in [1.807, 2.05) is 30.3 Å². The van der Waals surface area contributed by atoms with Crippen molar-refractivity contribution in [1.82, 2.24) is 5.32 Å². The molecular weight excluding hydrogens is 225 g/mol. The van der Waals surface area contributed by atoms with E-state index in [2.05, 4.69) is 24.4 Å². The first-order valence-corrected chi connectivity index (χ1v) is 6.33. The SMILES string of the molecule is CCNC(Cc1ccccc1F)c1ccccc1. The Bertz CT molecular complexity index is 481. The van der Waals surface area contributed by atoms with Crippen LogP contribution in [-0.2, 0) is 6.42 Å². The smallest absolute Gasteiger partial charge is 0.126 e. The van der Waals surface area contributed by atoms with Crippen molar-refractivity contribution in [3.63, 3.8) is 0 Å². The quantitative estimate of drug-likeness (QED) is 0.844. The van der Waals surface area contributed by atoms with Crippen molar-refractivity contribution in [3.05, 3.63) is 71.5 Å². The summed E-state index contributed by atoms with van der Waals surface area (Å²) in [5.74, 6) is -0.128. The van der Waals surface area contributed by atoms with Crippen LogP contribution < -0.4 is 5.32 Å². The molecule has 1 N–H and O–H groups in total. The Hall–Kier alpha value is -1.67. The molecule has 94 valence electrons. The largest absolute Gasteiger partial charge is 0.310 e. The molecule has 0 radical (unpaired) electrons. The fourth-order valence-corrected chi connectivity index (χ4v) is 2.12. The van der Waals surface area contributed by atoms with Crippen LogP contribution in [0.15, 0.2) is 54.6 Å². The molecule has 0 aliphatic rings. The summed E-state index contributed by atoms with van der Waals surface area (Å²) < 4.78 is 13.7. The van der Waals surface area contributed by atoms with E-state index in [9.17, 15) is 4.39 Å². The number of likely N-dealkylation sites (N-methyl/N-ethyl adjacent to an activating group) is 1. The van der Waals surface area contributed by atoms with Crippen LogP contribution in [0.4, 0.5) is 4.39 Å². The zero-order valence-electron chi connectivity index (χ0n) is 10.6. The van der Waals surface area contributed by atoms with E-state index in [0.717, 1.165) is 12.1 Å². The van der Waals surface area contributed by atoms with Gasteiger partial charge in [0.1, 0.15) is 5.82 Å². The molecule has 0 spiro atoms. The van der Waals surface area contributed by atoms with Gasteiger partial charge in [-0.05, 0) is 30.2 Å². The van der Waals surface area contributed by atoms with Crippen LogP contribution in [0.2, 0.25) is 0 Å². The Labute approximate surface area is 108 Å². The molecule has 0 aromatic heterocycles. The van der Waals surface area contributed by atoms with Crippen molar-refractivity contribution in [1.29, 1.82) is 0 Å². The van der Waals surface area contributed by atoms with Gasteiger partial charge in [-0.2, -0.15) is 0 Å². The van der Waals surface area contributed by atoms with Gasteiger partial charge in [-0.1, -0.05) is 55.5 Å². The van der Waals surface area contributed by atoms with Gasteiger partial charge in [0.05, 0.1) is 0 Å². The Balaban J connectivity index is 2.19. The van der Waals surface area contributed by atoms with Gasteiger partial charge < -0.3 is 5.32 Å². The number of benzene rings is 2. The van der Waals surface area contributed by atoms with Gasteiger partial charge in [-0.3, -0.25) is 0 Å². The summed E-state index contributed by atoms with van der Waals surface area (Å²) in [6.45, 7) is 2.94. The van der Waals surface area contributed by atoms with E-state index < -0.39 is 0 Å². The topological polar surface area (TPSA) is 12.0 Å². The first-order valence-electron chi connectivity index (χ1n) is 6.33. The third-order valence-electron chi connectivity index (χ3n) is 3.03. The highest BCUT2D eigenvalue weighted by atomic mass is 19.1. The maximum absolute atomic E-state index is 13.7. The van der Waals surface area contributed by atoms with Crippen molar-refractivity contribution in [2.45, 2.75) is 19.4 Å². The zero-order chi connectivity index (χ0) is 12.8. The maximum atomic E-state index is 13.7. The monoisotopic (exact) mass is 243 g/mol. The molecule has 1 unspecified atom stereocenters. The van der Waals surface area contributed by atoms with Crippen molar-refractivity contribution in [2.75, 3.05) is 6.54 Å². The van der Waals surface area contributed by atoms with E-state index in [4.69, 9.17) is 0 Å². The number of hydrogen-bond acceptors (Lipinski definition) is 1. The van der Waals surface area contributed by atoms with Crippen LogP contribution in [0.1, 0.15) is 24.1 Å². The molecule has 2 heteroatoms. The first kappa shape index (κ1) is 12.8. The fraction of sp³-hybridized carbons (Fsp3) is 0.250. The van der Waals surface area contributed by atoms with E-state index in [-0.39, 0.29) is 11.9 Å². The zero-order valence-corrected chi connectivity index (χ0v) is 10.6. The molecule has 0 amide bonds. The molecule has 2 rings (SSSR count). The van der Waals surface area contributed by atoms with Gasteiger partial charge in [0.15, 0.2) is 0 Å². The second-order valence-electron chi connectivity index (χ2n) is 4.32. The lowest BCUT2D eigenvalue weighted by atomic mass is 9.98. The molecular formula is C16H18FN. The van der Waals surface area contributed by atoms with E-state index in [0.29, 0.717) is 6.42 Å². The van der Waals surface area contributed by atoms with Gasteiger partial charge in [-0.25, -0.2) is 4.39 Å². The molecule has 18 heavy (non-hydrogen) atoms. The maximum Gasteiger partial charge on any atom is 0.126 e. The summed E-state index contributed by atoms with van der Waals surface area (Å²) in [6.07, 6.45) is 0.671. The molecule has 2 aromatic carbocycles. The Morgan fingerprint density at radius 1 is 1.00 bits per heavy atom. The molecule has 0 aliphatic heterocycles.